The topological polar surface area (TPSA) is 150 Å². The first-order valence-corrected chi connectivity index (χ1v) is 14.0. The van der Waals surface area contributed by atoms with Crippen LogP contribution in [0.2, 0.25) is 0 Å². The molecule has 2 heterocycles. The number of aromatic nitrogens is 1. The van der Waals surface area contributed by atoms with Crippen molar-refractivity contribution in [3.8, 4) is 0 Å². The predicted octanol–water partition coefficient (Wildman–Crippen LogP) is 3.04. The maximum Gasteiger partial charge on any atom is 0.410 e. The number of likely N-dealkylation sites (N-methyl/N-ethyl adjacent to an activating group) is 1. The zero-order valence-electron chi connectivity index (χ0n) is 23.8. The molecule has 1 aliphatic heterocycles. The van der Waals surface area contributed by atoms with Crippen LogP contribution in [0.3, 0.4) is 0 Å². The number of carboxylic acid groups (broad SMARTS) is 1. The number of hydrazine groups is 1. The molecule has 12 heteroatoms. The van der Waals surface area contributed by atoms with Crippen molar-refractivity contribution in [2.24, 2.45) is 0 Å². The van der Waals surface area contributed by atoms with Gasteiger partial charge in [-0.2, -0.15) is 0 Å². The molecule has 3 N–H and O–H groups in total. The number of carbonyl (C=O) groups is 4. The van der Waals surface area contributed by atoms with E-state index in [9.17, 15) is 24.3 Å². The molecule has 1 aliphatic rings. The summed E-state index contributed by atoms with van der Waals surface area (Å²) < 4.78 is 11.5. The van der Waals surface area contributed by atoms with Gasteiger partial charge < -0.3 is 24.8 Å². The molecule has 3 amide bonds. The number of nitrogens with zero attached hydrogens (tertiary/aromatic N) is 3. The summed E-state index contributed by atoms with van der Waals surface area (Å²) in [5.74, 6) is -3.56. The third kappa shape index (κ3) is 8.76. The number of carbonyl (C=O) groups excluding carboxylic acids is 3. The number of amides is 3. The summed E-state index contributed by atoms with van der Waals surface area (Å²) in [6, 6.07) is 22.6. The fraction of sp³-hybridized carbons (Fsp3) is 0.323. The first-order valence-electron chi connectivity index (χ1n) is 14.0. The molecule has 2 aromatic carbocycles. The van der Waals surface area contributed by atoms with Crippen LogP contribution in [0.5, 0.6) is 0 Å². The van der Waals surface area contributed by atoms with E-state index in [0.717, 1.165) is 10.6 Å². The molecule has 0 saturated carbocycles. The molecule has 3 aromatic rings. The SMILES string of the molecule is CCN(NC(=O)C(C(=O)O)c1ccccc1)C(=O)COC1CC(CNc2ccccn2)N(C(=O)OCc2ccccc2)C1. The molecule has 4 rings (SSSR count). The number of pyridine rings is 1. The Balaban J connectivity index is 1.35. The molecule has 12 nitrogen and oxygen atoms in total. The molecule has 226 valence electrons. The van der Waals surface area contributed by atoms with Gasteiger partial charge in [0.2, 0.25) is 0 Å². The first-order chi connectivity index (χ1) is 20.9. The van der Waals surface area contributed by atoms with Gasteiger partial charge in [-0.3, -0.25) is 24.8 Å². The van der Waals surface area contributed by atoms with Gasteiger partial charge >= 0.3 is 12.1 Å². The summed E-state index contributed by atoms with van der Waals surface area (Å²) in [5.41, 5.74) is 3.56. The summed E-state index contributed by atoms with van der Waals surface area (Å²) in [5, 5.41) is 13.9. The molecule has 0 aliphatic carbocycles. The second-order valence-electron chi connectivity index (χ2n) is 9.91. The molecule has 0 bridgehead atoms. The normalized spacial score (nSPS) is 16.6. The van der Waals surface area contributed by atoms with Gasteiger partial charge in [0.1, 0.15) is 19.0 Å². The number of hydrogen-bond acceptors (Lipinski definition) is 8. The van der Waals surface area contributed by atoms with Crippen LogP contribution in [0.15, 0.2) is 85.1 Å². The Bertz CT molecular complexity index is 1360. The van der Waals surface area contributed by atoms with Gasteiger partial charge in [-0.15, -0.1) is 0 Å². The smallest absolute Gasteiger partial charge is 0.410 e. The second kappa shape index (κ2) is 15.3. The number of ether oxygens (including phenoxy) is 2. The third-order valence-electron chi connectivity index (χ3n) is 6.95. The van der Waals surface area contributed by atoms with E-state index in [0.29, 0.717) is 24.3 Å². The molecular weight excluding hydrogens is 554 g/mol. The Kier molecular flexibility index (Phi) is 11.0. The molecule has 0 spiro atoms. The molecule has 3 atom stereocenters. The minimum atomic E-state index is -1.48. The summed E-state index contributed by atoms with van der Waals surface area (Å²) in [4.78, 5) is 56.5. The van der Waals surface area contributed by atoms with Crippen LogP contribution in [0.25, 0.3) is 0 Å². The Hall–Kier alpha value is -4.97. The number of aliphatic carboxylic acids is 1. The van der Waals surface area contributed by atoms with Crippen LogP contribution < -0.4 is 10.7 Å². The minimum Gasteiger partial charge on any atom is -0.480 e. The quantitative estimate of drug-likeness (QED) is 0.214. The van der Waals surface area contributed by atoms with Gasteiger partial charge in [0, 0.05) is 19.3 Å². The molecule has 3 unspecified atom stereocenters. The van der Waals surface area contributed by atoms with Crippen molar-refractivity contribution in [3.05, 3.63) is 96.2 Å². The number of anilines is 1. The molecule has 43 heavy (non-hydrogen) atoms. The number of carboxylic acids is 1. The second-order valence-corrected chi connectivity index (χ2v) is 9.91. The van der Waals surface area contributed by atoms with Gasteiger partial charge in [-0.25, -0.2) is 9.78 Å². The lowest BCUT2D eigenvalue weighted by Gasteiger charge is -2.24. The molecule has 1 fully saturated rings. The lowest BCUT2D eigenvalue weighted by molar-refractivity contribution is -0.151. The lowest BCUT2D eigenvalue weighted by atomic mass is 9.99. The van der Waals surface area contributed by atoms with E-state index >= 15 is 0 Å². The number of rotatable bonds is 12. The Morgan fingerprint density at radius 2 is 1.72 bits per heavy atom. The fourth-order valence-electron chi connectivity index (χ4n) is 4.74. The maximum absolute atomic E-state index is 13.1. The van der Waals surface area contributed by atoms with E-state index in [1.54, 1.807) is 42.3 Å². The van der Waals surface area contributed by atoms with E-state index in [2.05, 4.69) is 15.7 Å². The molecule has 0 radical (unpaired) electrons. The van der Waals surface area contributed by atoms with Crippen molar-refractivity contribution < 1.29 is 33.8 Å². The van der Waals surface area contributed by atoms with Crippen LogP contribution in [0.1, 0.15) is 30.4 Å². The minimum absolute atomic E-state index is 0.0916. The van der Waals surface area contributed by atoms with Crippen LogP contribution in [0.4, 0.5) is 10.6 Å². The van der Waals surface area contributed by atoms with Gasteiger partial charge in [-0.1, -0.05) is 66.7 Å². The average molecular weight is 590 g/mol. The maximum atomic E-state index is 13.1. The van der Waals surface area contributed by atoms with Crippen molar-refractivity contribution in [3.63, 3.8) is 0 Å². The van der Waals surface area contributed by atoms with E-state index in [1.807, 2.05) is 42.5 Å². The zero-order valence-corrected chi connectivity index (χ0v) is 23.8. The fourth-order valence-corrected chi connectivity index (χ4v) is 4.74. The van der Waals surface area contributed by atoms with Crippen molar-refractivity contribution >= 4 is 29.7 Å². The average Bonchev–Trinajstić information content (AvgIpc) is 3.45. The summed E-state index contributed by atoms with van der Waals surface area (Å²) >= 11 is 0. The predicted molar refractivity (Wildman–Crippen MR) is 157 cm³/mol. The van der Waals surface area contributed by atoms with Gasteiger partial charge in [0.05, 0.1) is 18.7 Å². The lowest BCUT2D eigenvalue weighted by Crippen LogP contribution is -2.50. The zero-order chi connectivity index (χ0) is 30.6. The van der Waals surface area contributed by atoms with Crippen molar-refractivity contribution in [1.29, 1.82) is 0 Å². The Labute approximate surface area is 249 Å². The van der Waals surface area contributed by atoms with Crippen LogP contribution in [-0.4, -0.2) is 82.3 Å². The van der Waals surface area contributed by atoms with Gasteiger partial charge in [0.15, 0.2) is 5.92 Å². The van der Waals surface area contributed by atoms with Crippen LogP contribution in [0, 0.1) is 0 Å². The number of benzene rings is 2. The Morgan fingerprint density at radius 1 is 1.02 bits per heavy atom. The number of nitrogens with one attached hydrogen (secondary N) is 2. The Morgan fingerprint density at radius 3 is 2.37 bits per heavy atom. The highest BCUT2D eigenvalue weighted by Gasteiger charge is 2.37. The summed E-state index contributed by atoms with van der Waals surface area (Å²) in [6.07, 6.45) is 1.12. The van der Waals surface area contributed by atoms with E-state index in [1.165, 1.54) is 12.1 Å². The standard InChI is InChI=1S/C31H35N5O7/c1-2-36(34-29(38)28(30(39)40)23-13-7-4-8-14-23)27(37)21-42-25-17-24(18-33-26-15-9-10-16-32-26)35(19-25)31(41)43-20-22-11-5-3-6-12-22/h3-16,24-25,28H,2,17-21H2,1H3,(H,32,33)(H,34,38)(H,39,40). The van der Waals surface area contributed by atoms with Gasteiger partial charge in [0.25, 0.3) is 11.8 Å². The van der Waals surface area contributed by atoms with Crippen molar-refractivity contribution in [2.45, 2.75) is 38.0 Å². The number of hydrogen-bond donors (Lipinski definition) is 3. The van der Waals surface area contributed by atoms with Gasteiger partial charge in [-0.05, 0) is 36.6 Å². The van der Waals surface area contributed by atoms with E-state index < -0.39 is 35.9 Å². The monoisotopic (exact) mass is 589 g/mol. The summed E-state index contributed by atoms with van der Waals surface area (Å²) in [6.45, 7) is 2.06. The van der Waals surface area contributed by atoms with Crippen LogP contribution in [-0.2, 0) is 30.5 Å². The van der Waals surface area contributed by atoms with Crippen molar-refractivity contribution in [1.82, 2.24) is 20.3 Å². The molecule has 1 saturated heterocycles. The molecule has 1 aromatic heterocycles. The highest BCUT2D eigenvalue weighted by Crippen LogP contribution is 2.23. The third-order valence-corrected chi connectivity index (χ3v) is 6.95. The van der Waals surface area contributed by atoms with E-state index in [4.69, 9.17) is 9.47 Å². The first kappa shape index (κ1) is 31.0. The highest BCUT2D eigenvalue weighted by atomic mass is 16.6. The molecular formula is C31H35N5O7. The largest absolute Gasteiger partial charge is 0.480 e. The highest BCUT2D eigenvalue weighted by molar-refractivity contribution is 6.03. The van der Waals surface area contributed by atoms with Crippen molar-refractivity contribution in [2.75, 3.05) is 31.6 Å². The summed E-state index contributed by atoms with van der Waals surface area (Å²) in [7, 11) is 0. The van der Waals surface area contributed by atoms with E-state index in [-0.39, 0.29) is 32.3 Å². The van der Waals surface area contributed by atoms with Crippen LogP contribution >= 0.6 is 0 Å². The number of likely N-dealkylation sites (tertiary alicyclic amines) is 1.